The van der Waals surface area contributed by atoms with E-state index in [0.717, 1.165) is 85.0 Å². The predicted octanol–water partition coefficient (Wildman–Crippen LogP) is 15.0. The number of para-hydroxylation sites is 4. The maximum Gasteiger partial charge on any atom is 0.268 e. The van der Waals surface area contributed by atoms with Crippen molar-refractivity contribution < 1.29 is 34.8 Å². The Morgan fingerprint density at radius 3 is 1.97 bits per heavy atom. The van der Waals surface area contributed by atoms with Gasteiger partial charge in [0.1, 0.15) is 5.58 Å². The number of ether oxygens (including phenoxy) is 1. The number of furan rings is 1. The second-order valence-corrected chi connectivity index (χ2v) is 19.9. The Balaban J connectivity index is 0.00000511. The van der Waals surface area contributed by atoms with Gasteiger partial charge in [-0.25, -0.2) is 0 Å². The number of imidazole rings is 1. The number of benzene rings is 7. The van der Waals surface area contributed by atoms with Crippen LogP contribution in [-0.4, -0.2) is 9.55 Å². The number of hydrogen-bond donors (Lipinski definition) is 0. The Labute approximate surface area is 402 Å². The standard InChI is InChI=1S/C60H51N3O2.Pt/c1-58(2,3)42-31-41(51-36-49-50(37-61-51)60(6,7)30-29-59(49,4)5)32-43(33-42)64-44-34-48-47-23-14-17-28-55(47)65-57(48)54(35-44)62-38-63(53-27-16-15-26-52(53)62)56-45(39-19-10-8-11-20-39)24-18-25-46(56)40-21-12-9-13-22-40;/h8-28,31,33-34,36-37H,29-30H2,1-7H3;/q-2;. The fourth-order valence-corrected chi connectivity index (χ4v) is 9.70. The van der Waals surface area contributed by atoms with Gasteiger partial charge in [0.05, 0.1) is 16.7 Å². The number of nitrogens with zero attached hydrogens (tertiary/aromatic N) is 3. The molecule has 0 saturated heterocycles. The van der Waals surface area contributed by atoms with Gasteiger partial charge in [0.15, 0.2) is 0 Å². The van der Waals surface area contributed by atoms with Crippen LogP contribution in [0.15, 0.2) is 162 Å². The number of aromatic nitrogens is 3. The van der Waals surface area contributed by atoms with Crippen molar-refractivity contribution in [2.75, 3.05) is 0 Å². The summed E-state index contributed by atoms with van der Waals surface area (Å²) in [4.78, 5) is 5.11. The summed E-state index contributed by atoms with van der Waals surface area (Å²) in [6.45, 7) is 16.1. The molecule has 0 fully saturated rings. The van der Waals surface area contributed by atoms with E-state index in [-0.39, 0.29) is 37.3 Å². The van der Waals surface area contributed by atoms with E-state index in [4.69, 9.17) is 14.1 Å². The molecule has 0 aliphatic heterocycles. The Bertz CT molecular complexity index is 3390. The monoisotopic (exact) mass is 1040 g/mol. The molecule has 1 aliphatic rings. The SMILES string of the molecule is CC(C)(C)c1cc(Oc2[c-]c(-[n+]3[c-]n(-c4c(-c5ccccc5)cccc4-c4ccccc4)c4ccccc43)c3oc4ccccc4c3c2)[c-]c(-c2cc3c(cn2)C(C)(C)CCC3(C)C)c1.[Pt]. The third kappa shape index (κ3) is 7.58. The first-order valence-corrected chi connectivity index (χ1v) is 22.7. The Morgan fingerprint density at radius 1 is 0.652 bits per heavy atom. The van der Waals surface area contributed by atoms with Crippen molar-refractivity contribution in [1.29, 1.82) is 0 Å². The summed E-state index contributed by atoms with van der Waals surface area (Å²) in [6.07, 6.45) is 8.21. The van der Waals surface area contributed by atoms with Gasteiger partial charge in [0.25, 0.3) is 6.33 Å². The molecule has 0 amide bonds. The first-order chi connectivity index (χ1) is 31.3. The van der Waals surface area contributed by atoms with Crippen LogP contribution in [0.2, 0.25) is 0 Å². The topological polar surface area (TPSA) is 44.1 Å². The van der Waals surface area contributed by atoms with Gasteiger partial charge >= 0.3 is 0 Å². The molecule has 3 heterocycles. The molecule has 0 spiro atoms. The van der Waals surface area contributed by atoms with Gasteiger partial charge in [-0.05, 0) is 79.9 Å². The number of pyridine rings is 1. The van der Waals surface area contributed by atoms with Crippen molar-refractivity contribution in [1.82, 2.24) is 9.55 Å². The summed E-state index contributed by atoms with van der Waals surface area (Å²) in [6, 6.07) is 60.3. The van der Waals surface area contributed by atoms with Crippen LogP contribution in [0.25, 0.3) is 77.9 Å². The molecule has 10 aromatic rings. The van der Waals surface area contributed by atoms with Crippen molar-refractivity contribution in [2.45, 2.75) is 77.6 Å². The molecule has 0 saturated carbocycles. The van der Waals surface area contributed by atoms with Gasteiger partial charge < -0.3 is 18.7 Å². The third-order valence-corrected chi connectivity index (χ3v) is 13.5. The number of hydrogen-bond acceptors (Lipinski definition) is 3. The molecule has 3 aromatic heterocycles. The molecule has 0 unspecified atom stereocenters. The average molecular weight is 1040 g/mol. The van der Waals surface area contributed by atoms with Gasteiger partial charge in [-0.2, -0.15) is 0 Å². The number of fused-ring (bicyclic) bond motifs is 5. The van der Waals surface area contributed by atoms with Gasteiger partial charge in [-0.3, -0.25) is 4.57 Å². The van der Waals surface area contributed by atoms with E-state index in [9.17, 15) is 0 Å². The van der Waals surface area contributed by atoms with Gasteiger partial charge in [-0.15, -0.1) is 29.3 Å². The van der Waals surface area contributed by atoms with Crippen molar-refractivity contribution in [2.24, 2.45) is 0 Å². The summed E-state index contributed by atoms with van der Waals surface area (Å²) < 4.78 is 18.0. The zero-order valence-electron chi connectivity index (χ0n) is 38.4. The molecule has 0 radical (unpaired) electrons. The van der Waals surface area contributed by atoms with Crippen molar-refractivity contribution in [3.05, 3.63) is 193 Å². The first-order valence-electron chi connectivity index (χ1n) is 22.7. The average Bonchev–Trinajstić information content (AvgIpc) is 3.89. The fraction of sp³-hybridized carbons (Fsp3) is 0.200. The summed E-state index contributed by atoms with van der Waals surface area (Å²) in [5, 5.41) is 1.91. The summed E-state index contributed by atoms with van der Waals surface area (Å²) in [7, 11) is 0. The van der Waals surface area contributed by atoms with Crippen LogP contribution < -0.4 is 9.30 Å². The molecule has 11 rings (SSSR count). The van der Waals surface area contributed by atoms with Crippen LogP contribution in [0.3, 0.4) is 0 Å². The van der Waals surface area contributed by atoms with E-state index in [1.165, 1.54) is 11.1 Å². The van der Waals surface area contributed by atoms with E-state index in [1.54, 1.807) is 0 Å². The Kier molecular flexibility index (Phi) is 10.8. The van der Waals surface area contributed by atoms with E-state index in [2.05, 4.69) is 210 Å². The van der Waals surface area contributed by atoms with Gasteiger partial charge in [0.2, 0.25) is 0 Å². The Hall–Kier alpha value is -6.55. The van der Waals surface area contributed by atoms with Crippen LogP contribution >= 0.6 is 0 Å². The fourth-order valence-electron chi connectivity index (χ4n) is 9.70. The minimum Gasteiger partial charge on any atom is -0.519 e. The van der Waals surface area contributed by atoms with Crippen LogP contribution in [0.1, 0.15) is 78.0 Å². The van der Waals surface area contributed by atoms with Crippen LogP contribution in [0.4, 0.5) is 0 Å². The Morgan fingerprint density at radius 2 is 1.27 bits per heavy atom. The quantitative estimate of drug-likeness (QED) is 0.118. The van der Waals surface area contributed by atoms with Crippen molar-refractivity contribution >= 4 is 33.0 Å². The predicted molar refractivity (Wildman–Crippen MR) is 263 cm³/mol. The molecule has 0 bridgehead atoms. The van der Waals surface area contributed by atoms with Gasteiger partial charge in [0, 0.05) is 49.7 Å². The zero-order valence-corrected chi connectivity index (χ0v) is 40.7. The maximum atomic E-state index is 6.99. The molecule has 0 N–H and O–H groups in total. The van der Waals surface area contributed by atoms with E-state index >= 15 is 0 Å². The summed E-state index contributed by atoms with van der Waals surface area (Å²) in [5.74, 6) is 1.14. The van der Waals surface area contributed by atoms with E-state index in [1.807, 2.05) is 24.3 Å². The molecule has 1 aliphatic carbocycles. The van der Waals surface area contributed by atoms with E-state index < -0.39 is 0 Å². The molecular formula is C60H51N3O2Pt-2. The molecular weight excluding hydrogens is 990 g/mol. The smallest absolute Gasteiger partial charge is 0.268 e. The van der Waals surface area contributed by atoms with Crippen molar-refractivity contribution in [3.8, 4) is 56.4 Å². The van der Waals surface area contributed by atoms with Crippen LogP contribution in [-0.2, 0) is 37.3 Å². The minimum atomic E-state index is -0.168. The number of rotatable bonds is 7. The normalized spacial score (nSPS) is 14.3. The van der Waals surface area contributed by atoms with Crippen LogP contribution in [0, 0.1) is 18.5 Å². The molecule has 6 heteroatoms. The summed E-state index contributed by atoms with van der Waals surface area (Å²) >= 11 is 0. The summed E-state index contributed by atoms with van der Waals surface area (Å²) in [5.41, 5.74) is 15.1. The largest absolute Gasteiger partial charge is 0.519 e. The first kappa shape index (κ1) is 43.3. The molecule has 66 heavy (non-hydrogen) atoms. The van der Waals surface area contributed by atoms with E-state index in [0.29, 0.717) is 22.8 Å². The molecule has 330 valence electrons. The molecule has 7 aromatic carbocycles. The second-order valence-electron chi connectivity index (χ2n) is 19.9. The minimum absolute atomic E-state index is 0. The molecule has 0 atom stereocenters. The van der Waals surface area contributed by atoms with Crippen LogP contribution in [0.5, 0.6) is 11.5 Å². The van der Waals surface area contributed by atoms with Gasteiger partial charge in [-0.1, -0.05) is 193 Å². The zero-order chi connectivity index (χ0) is 44.7. The second kappa shape index (κ2) is 16.4. The van der Waals surface area contributed by atoms with Crippen molar-refractivity contribution in [3.63, 3.8) is 0 Å². The molecule has 5 nitrogen and oxygen atoms in total. The third-order valence-electron chi connectivity index (χ3n) is 13.5. The maximum absolute atomic E-state index is 6.99.